The molecule has 2 saturated heterocycles. The van der Waals surface area contributed by atoms with Gasteiger partial charge in [0.1, 0.15) is 0 Å². The number of carbonyl (C=O) groups excluding carboxylic acids is 1. The van der Waals surface area contributed by atoms with E-state index < -0.39 is 18.3 Å². The second-order valence-electron chi connectivity index (χ2n) is 7.81. The Labute approximate surface area is 149 Å². The fourth-order valence-corrected chi connectivity index (χ4v) is 3.43. The minimum atomic E-state index is -0.564. The first-order chi connectivity index (χ1) is 11.1. The highest BCUT2D eigenvalue weighted by atomic mass is 35.5. The van der Waals surface area contributed by atoms with E-state index in [0.29, 0.717) is 16.0 Å². The Morgan fingerprint density at radius 2 is 1.88 bits per heavy atom. The molecule has 6 heteroatoms. The lowest BCUT2D eigenvalue weighted by molar-refractivity contribution is 0.00578. The van der Waals surface area contributed by atoms with Crippen molar-refractivity contribution in [2.75, 3.05) is 6.54 Å². The van der Waals surface area contributed by atoms with Crippen LogP contribution in [0.2, 0.25) is 5.02 Å². The lowest BCUT2D eigenvalue weighted by atomic mass is 9.78. The van der Waals surface area contributed by atoms with E-state index in [2.05, 4.69) is 6.92 Å². The van der Waals surface area contributed by atoms with Gasteiger partial charge in [-0.1, -0.05) is 11.6 Å². The van der Waals surface area contributed by atoms with Gasteiger partial charge in [0.25, 0.3) is 5.91 Å². The third-order valence-electron chi connectivity index (χ3n) is 5.56. The van der Waals surface area contributed by atoms with Gasteiger partial charge in [0.2, 0.25) is 0 Å². The van der Waals surface area contributed by atoms with Gasteiger partial charge in [-0.2, -0.15) is 0 Å². The van der Waals surface area contributed by atoms with Crippen LogP contribution in [-0.2, 0) is 9.31 Å². The molecule has 0 N–H and O–H groups in total. The van der Waals surface area contributed by atoms with E-state index in [4.69, 9.17) is 20.9 Å². The van der Waals surface area contributed by atoms with Crippen molar-refractivity contribution < 1.29 is 14.1 Å². The SMILES string of the molecule is C[C@H]1CCCN1C(=O)c1ccc(Cl)c(B2OC(C)(C)C(C)(C)O2)c1. The summed E-state index contributed by atoms with van der Waals surface area (Å²) in [5.74, 6) is 0.0504. The van der Waals surface area contributed by atoms with E-state index in [1.54, 1.807) is 12.1 Å². The van der Waals surface area contributed by atoms with Crippen LogP contribution in [0.5, 0.6) is 0 Å². The molecule has 0 spiro atoms. The van der Waals surface area contributed by atoms with Crippen LogP contribution in [0, 0.1) is 0 Å². The zero-order valence-corrected chi connectivity index (χ0v) is 15.8. The van der Waals surface area contributed by atoms with Gasteiger partial charge < -0.3 is 14.2 Å². The number of benzene rings is 1. The van der Waals surface area contributed by atoms with Gasteiger partial charge in [0.15, 0.2) is 0 Å². The third kappa shape index (κ3) is 2.98. The van der Waals surface area contributed by atoms with Gasteiger partial charge in [0, 0.05) is 28.6 Å². The Morgan fingerprint density at radius 1 is 1.25 bits per heavy atom. The van der Waals surface area contributed by atoms with Gasteiger partial charge in [-0.25, -0.2) is 0 Å². The van der Waals surface area contributed by atoms with Crippen LogP contribution in [0.4, 0.5) is 0 Å². The van der Waals surface area contributed by atoms with E-state index in [9.17, 15) is 4.79 Å². The summed E-state index contributed by atoms with van der Waals surface area (Å²) in [6.45, 7) is 10.9. The summed E-state index contributed by atoms with van der Waals surface area (Å²) in [5, 5.41) is 0.555. The fourth-order valence-electron chi connectivity index (χ4n) is 3.23. The average molecular weight is 350 g/mol. The molecule has 0 unspecified atom stereocenters. The highest BCUT2D eigenvalue weighted by molar-refractivity contribution is 6.65. The second-order valence-corrected chi connectivity index (χ2v) is 8.22. The summed E-state index contributed by atoms with van der Waals surface area (Å²) in [6.07, 6.45) is 2.12. The maximum atomic E-state index is 12.8. The number of nitrogens with zero attached hydrogens (tertiary/aromatic N) is 1. The molecule has 0 aliphatic carbocycles. The molecule has 2 aliphatic heterocycles. The number of amides is 1. The molecule has 2 heterocycles. The van der Waals surface area contributed by atoms with Crippen molar-refractivity contribution in [3.8, 4) is 0 Å². The zero-order valence-electron chi connectivity index (χ0n) is 15.1. The number of likely N-dealkylation sites (tertiary alicyclic amines) is 1. The normalized spacial score (nSPS) is 25.3. The average Bonchev–Trinajstić information content (AvgIpc) is 3.00. The van der Waals surface area contributed by atoms with Crippen molar-refractivity contribution in [2.24, 2.45) is 0 Å². The third-order valence-corrected chi connectivity index (χ3v) is 5.91. The van der Waals surface area contributed by atoms with E-state index >= 15 is 0 Å². The topological polar surface area (TPSA) is 38.8 Å². The monoisotopic (exact) mass is 349 g/mol. The Bertz CT molecular complexity index is 646. The number of hydrogen-bond acceptors (Lipinski definition) is 3. The van der Waals surface area contributed by atoms with E-state index in [-0.39, 0.29) is 11.9 Å². The molecule has 130 valence electrons. The minimum Gasteiger partial charge on any atom is -0.399 e. The van der Waals surface area contributed by atoms with Crippen LogP contribution in [0.1, 0.15) is 57.8 Å². The molecule has 4 nitrogen and oxygen atoms in total. The zero-order chi connectivity index (χ0) is 17.7. The molecular weight excluding hydrogens is 324 g/mol. The highest BCUT2D eigenvalue weighted by Crippen LogP contribution is 2.37. The van der Waals surface area contributed by atoms with Crippen LogP contribution in [0.25, 0.3) is 0 Å². The summed E-state index contributed by atoms with van der Waals surface area (Å²) in [4.78, 5) is 14.7. The standard InChI is InChI=1S/C18H25BClNO3/c1-12-7-6-10-21(12)16(22)13-8-9-15(20)14(11-13)19-23-17(2,3)18(4,5)24-19/h8-9,11-12H,6-7,10H2,1-5H3/t12-/m0/s1. The first-order valence-electron chi connectivity index (χ1n) is 8.58. The van der Waals surface area contributed by atoms with Crippen LogP contribution in [0.3, 0.4) is 0 Å². The summed E-state index contributed by atoms with van der Waals surface area (Å²) in [7, 11) is -0.564. The lowest BCUT2D eigenvalue weighted by Crippen LogP contribution is -2.41. The van der Waals surface area contributed by atoms with E-state index in [1.807, 2.05) is 38.7 Å². The molecule has 0 radical (unpaired) electrons. The Balaban J connectivity index is 1.89. The number of hydrogen-bond donors (Lipinski definition) is 0. The first-order valence-corrected chi connectivity index (χ1v) is 8.96. The van der Waals surface area contributed by atoms with Crippen molar-refractivity contribution in [3.63, 3.8) is 0 Å². The summed E-state index contributed by atoms with van der Waals surface area (Å²) >= 11 is 6.37. The first kappa shape index (κ1) is 17.8. The Morgan fingerprint density at radius 3 is 2.42 bits per heavy atom. The maximum Gasteiger partial charge on any atom is 0.496 e. The molecule has 3 rings (SSSR count). The number of rotatable bonds is 2. The van der Waals surface area contributed by atoms with Gasteiger partial charge in [-0.05, 0) is 65.7 Å². The molecule has 2 aliphatic rings. The van der Waals surface area contributed by atoms with E-state index in [1.165, 1.54) is 0 Å². The van der Waals surface area contributed by atoms with Crippen molar-refractivity contribution in [1.82, 2.24) is 4.90 Å². The Kier molecular flexibility index (Phi) is 4.48. The van der Waals surface area contributed by atoms with Crippen LogP contribution in [0.15, 0.2) is 18.2 Å². The van der Waals surface area contributed by atoms with Crippen LogP contribution < -0.4 is 5.46 Å². The molecule has 0 saturated carbocycles. The predicted octanol–water partition coefficient (Wildman–Crippen LogP) is 3.26. The van der Waals surface area contributed by atoms with Crippen LogP contribution >= 0.6 is 11.6 Å². The Hall–Kier alpha value is -1.04. The van der Waals surface area contributed by atoms with E-state index in [0.717, 1.165) is 19.4 Å². The van der Waals surface area contributed by atoms with Gasteiger partial charge in [0.05, 0.1) is 11.2 Å². The highest BCUT2D eigenvalue weighted by Gasteiger charge is 2.52. The van der Waals surface area contributed by atoms with Crippen LogP contribution in [-0.4, -0.2) is 41.7 Å². The van der Waals surface area contributed by atoms with Crippen molar-refractivity contribution in [2.45, 2.75) is 64.7 Å². The fraction of sp³-hybridized carbons (Fsp3) is 0.611. The van der Waals surface area contributed by atoms with Gasteiger partial charge in [-0.3, -0.25) is 4.79 Å². The maximum absolute atomic E-state index is 12.8. The van der Waals surface area contributed by atoms with Crippen molar-refractivity contribution in [3.05, 3.63) is 28.8 Å². The smallest absolute Gasteiger partial charge is 0.399 e. The molecule has 2 fully saturated rings. The quantitative estimate of drug-likeness (QED) is 0.769. The number of halogens is 1. The minimum absolute atomic E-state index is 0.0504. The molecule has 1 amide bonds. The molecule has 24 heavy (non-hydrogen) atoms. The molecule has 1 atom stereocenters. The number of carbonyl (C=O) groups is 1. The van der Waals surface area contributed by atoms with Crippen molar-refractivity contribution >= 4 is 30.1 Å². The second kappa shape index (κ2) is 6.04. The molecule has 0 aromatic heterocycles. The summed E-state index contributed by atoms with van der Waals surface area (Å²) in [5.41, 5.74) is 0.473. The van der Waals surface area contributed by atoms with Gasteiger partial charge >= 0.3 is 7.12 Å². The largest absolute Gasteiger partial charge is 0.496 e. The van der Waals surface area contributed by atoms with Crippen molar-refractivity contribution in [1.29, 1.82) is 0 Å². The molecule has 0 bridgehead atoms. The lowest BCUT2D eigenvalue weighted by Gasteiger charge is -2.32. The molecular formula is C18H25BClNO3. The molecule has 1 aromatic carbocycles. The summed E-state index contributed by atoms with van der Waals surface area (Å²) in [6, 6.07) is 5.64. The predicted molar refractivity (Wildman–Crippen MR) is 96.9 cm³/mol. The molecule has 1 aromatic rings. The van der Waals surface area contributed by atoms with Gasteiger partial charge in [-0.15, -0.1) is 0 Å². The summed E-state index contributed by atoms with van der Waals surface area (Å²) < 4.78 is 12.2.